The van der Waals surface area contributed by atoms with Crippen LogP contribution in [0.25, 0.3) is 0 Å². The normalized spacial score (nSPS) is 10.4. The summed E-state index contributed by atoms with van der Waals surface area (Å²) in [7, 11) is 0. The van der Waals surface area contributed by atoms with E-state index in [4.69, 9.17) is 5.73 Å². The van der Waals surface area contributed by atoms with E-state index >= 15 is 0 Å². The maximum atomic E-state index is 5.51. The van der Waals surface area contributed by atoms with E-state index < -0.39 is 0 Å². The second-order valence-electron chi connectivity index (χ2n) is 2.87. The Morgan fingerprint density at radius 3 is 2.93 bits per heavy atom. The Morgan fingerprint density at radius 2 is 2.29 bits per heavy atom. The Labute approximate surface area is 89.9 Å². The van der Waals surface area contributed by atoms with Crippen molar-refractivity contribution in [3.05, 3.63) is 40.8 Å². The molecule has 2 aromatic heterocycles. The van der Waals surface area contributed by atoms with Crippen LogP contribution in [0.2, 0.25) is 0 Å². The first-order chi connectivity index (χ1) is 6.75. The fourth-order valence-corrected chi connectivity index (χ4v) is 1.53. The number of pyridine rings is 1. The van der Waals surface area contributed by atoms with Gasteiger partial charge in [0, 0.05) is 16.9 Å². The van der Waals surface area contributed by atoms with Gasteiger partial charge >= 0.3 is 0 Å². The van der Waals surface area contributed by atoms with Gasteiger partial charge < -0.3 is 5.73 Å². The third kappa shape index (κ3) is 1.93. The molecule has 0 spiro atoms. The zero-order valence-corrected chi connectivity index (χ0v) is 8.98. The molecule has 4 nitrogen and oxygen atoms in total. The lowest BCUT2D eigenvalue weighted by Crippen LogP contribution is -2.03. The van der Waals surface area contributed by atoms with Crippen LogP contribution < -0.4 is 5.73 Å². The van der Waals surface area contributed by atoms with Gasteiger partial charge in [0.05, 0.1) is 12.2 Å². The van der Waals surface area contributed by atoms with Crippen molar-refractivity contribution >= 4 is 21.7 Å². The summed E-state index contributed by atoms with van der Waals surface area (Å²) in [4.78, 5) is 4.23. The molecule has 0 amide bonds. The van der Waals surface area contributed by atoms with Gasteiger partial charge in [0.15, 0.2) is 0 Å². The molecule has 0 saturated heterocycles. The number of nitrogen functional groups attached to an aromatic ring is 1. The van der Waals surface area contributed by atoms with Gasteiger partial charge in [-0.1, -0.05) is 0 Å². The lowest BCUT2D eigenvalue weighted by molar-refractivity contribution is 0.673. The predicted octanol–water partition coefficient (Wildman–Crippen LogP) is 1.67. The summed E-state index contributed by atoms with van der Waals surface area (Å²) in [5.74, 6) is 0.525. The fourth-order valence-electron chi connectivity index (χ4n) is 1.15. The molecule has 2 heterocycles. The first-order valence-corrected chi connectivity index (χ1v) is 4.93. The van der Waals surface area contributed by atoms with E-state index in [9.17, 15) is 0 Å². The van der Waals surface area contributed by atoms with E-state index in [1.807, 2.05) is 18.3 Å². The highest BCUT2D eigenvalue weighted by Crippen LogP contribution is 2.14. The summed E-state index contributed by atoms with van der Waals surface area (Å²) in [6.07, 6.45) is 3.59. The van der Waals surface area contributed by atoms with Crippen molar-refractivity contribution in [1.82, 2.24) is 14.8 Å². The van der Waals surface area contributed by atoms with Gasteiger partial charge in [-0.2, -0.15) is 5.10 Å². The Morgan fingerprint density at radius 1 is 1.43 bits per heavy atom. The lowest BCUT2D eigenvalue weighted by atomic mass is 10.3. The highest BCUT2D eigenvalue weighted by molar-refractivity contribution is 9.10. The average Bonchev–Trinajstić information content (AvgIpc) is 2.56. The van der Waals surface area contributed by atoms with Crippen LogP contribution >= 0.6 is 15.9 Å². The first-order valence-electron chi connectivity index (χ1n) is 4.14. The van der Waals surface area contributed by atoms with Crippen LogP contribution in [0.3, 0.4) is 0 Å². The molecule has 2 N–H and O–H groups in total. The zero-order valence-electron chi connectivity index (χ0n) is 7.39. The van der Waals surface area contributed by atoms with Crippen LogP contribution in [0.4, 0.5) is 5.82 Å². The molecule has 0 radical (unpaired) electrons. The van der Waals surface area contributed by atoms with Crippen LogP contribution in [0, 0.1) is 0 Å². The monoisotopic (exact) mass is 252 g/mol. The summed E-state index contributed by atoms with van der Waals surface area (Å²) in [6.45, 7) is 0.624. The molecule has 5 heteroatoms. The highest BCUT2D eigenvalue weighted by Gasteiger charge is 2.01. The van der Waals surface area contributed by atoms with Crippen molar-refractivity contribution in [1.29, 1.82) is 0 Å². The molecule has 2 rings (SSSR count). The molecular weight excluding hydrogens is 244 g/mol. The molecule has 0 aromatic carbocycles. The molecule has 0 saturated carbocycles. The quantitative estimate of drug-likeness (QED) is 0.885. The molecule has 0 unspecified atom stereocenters. The summed E-state index contributed by atoms with van der Waals surface area (Å²) >= 11 is 3.43. The molecule has 2 aromatic rings. The van der Waals surface area contributed by atoms with Crippen molar-refractivity contribution in [2.75, 3.05) is 5.73 Å². The van der Waals surface area contributed by atoms with Gasteiger partial charge in [-0.05, 0) is 34.1 Å². The van der Waals surface area contributed by atoms with Crippen molar-refractivity contribution in [2.24, 2.45) is 0 Å². The number of anilines is 1. The number of aromatic nitrogens is 3. The maximum Gasteiger partial charge on any atom is 0.145 e. The standard InChI is InChI=1S/C9H9BrN4/c10-7-2-1-4-12-8(7)6-14-5-3-9(11)13-14/h1-5H,6H2,(H2,11,13). The van der Waals surface area contributed by atoms with E-state index in [1.54, 1.807) is 16.9 Å². The van der Waals surface area contributed by atoms with Gasteiger partial charge in [0.1, 0.15) is 5.82 Å². The van der Waals surface area contributed by atoms with E-state index in [0.29, 0.717) is 12.4 Å². The van der Waals surface area contributed by atoms with Crippen molar-refractivity contribution < 1.29 is 0 Å². The minimum atomic E-state index is 0.525. The lowest BCUT2D eigenvalue weighted by Gasteiger charge is -2.02. The Bertz CT molecular complexity index is 438. The van der Waals surface area contributed by atoms with Gasteiger partial charge in [0.2, 0.25) is 0 Å². The summed E-state index contributed by atoms with van der Waals surface area (Å²) in [6, 6.07) is 5.59. The van der Waals surface area contributed by atoms with Crippen molar-refractivity contribution in [3.8, 4) is 0 Å². The van der Waals surface area contributed by atoms with E-state index in [2.05, 4.69) is 26.0 Å². The SMILES string of the molecule is Nc1ccn(Cc2ncccc2Br)n1. The summed E-state index contributed by atoms with van der Waals surface area (Å²) in [5, 5.41) is 4.08. The van der Waals surface area contributed by atoms with Gasteiger partial charge in [-0.15, -0.1) is 0 Å². The smallest absolute Gasteiger partial charge is 0.145 e. The number of halogens is 1. The minimum absolute atomic E-state index is 0.525. The third-order valence-corrected chi connectivity index (χ3v) is 2.53. The second-order valence-corrected chi connectivity index (χ2v) is 3.72. The molecular formula is C9H9BrN4. The predicted molar refractivity (Wildman–Crippen MR) is 57.7 cm³/mol. The van der Waals surface area contributed by atoms with Crippen LogP contribution in [0.1, 0.15) is 5.69 Å². The van der Waals surface area contributed by atoms with Crippen LogP contribution in [0.5, 0.6) is 0 Å². The number of hydrogen-bond acceptors (Lipinski definition) is 3. The Kier molecular flexibility index (Phi) is 2.49. The first kappa shape index (κ1) is 9.21. The summed E-state index contributed by atoms with van der Waals surface area (Å²) < 4.78 is 2.73. The van der Waals surface area contributed by atoms with Gasteiger partial charge in [-0.3, -0.25) is 9.67 Å². The zero-order chi connectivity index (χ0) is 9.97. The number of nitrogens with zero attached hydrogens (tertiary/aromatic N) is 3. The molecule has 0 aliphatic heterocycles. The van der Waals surface area contributed by atoms with Crippen molar-refractivity contribution in [2.45, 2.75) is 6.54 Å². The molecule has 0 aliphatic rings. The number of rotatable bonds is 2. The third-order valence-electron chi connectivity index (χ3n) is 1.81. The molecule has 0 aliphatic carbocycles. The second kappa shape index (κ2) is 3.79. The average molecular weight is 253 g/mol. The van der Waals surface area contributed by atoms with Crippen LogP contribution in [-0.2, 0) is 6.54 Å². The van der Waals surface area contributed by atoms with E-state index in [0.717, 1.165) is 10.2 Å². The highest BCUT2D eigenvalue weighted by atomic mass is 79.9. The number of nitrogens with two attached hydrogens (primary N) is 1. The fraction of sp³-hybridized carbons (Fsp3) is 0.111. The van der Waals surface area contributed by atoms with Gasteiger partial charge in [0.25, 0.3) is 0 Å². The number of hydrogen-bond donors (Lipinski definition) is 1. The van der Waals surface area contributed by atoms with E-state index in [1.165, 1.54) is 0 Å². The Hall–Kier alpha value is -1.36. The van der Waals surface area contributed by atoms with Crippen LogP contribution in [0.15, 0.2) is 35.1 Å². The van der Waals surface area contributed by atoms with E-state index in [-0.39, 0.29) is 0 Å². The molecule has 14 heavy (non-hydrogen) atoms. The topological polar surface area (TPSA) is 56.7 Å². The van der Waals surface area contributed by atoms with Crippen molar-refractivity contribution in [3.63, 3.8) is 0 Å². The maximum absolute atomic E-state index is 5.51. The molecule has 0 atom stereocenters. The summed E-state index contributed by atoms with van der Waals surface area (Å²) in [5.41, 5.74) is 6.45. The Balaban J connectivity index is 2.23. The minimum Gasteiger partial charge on any atom is -0.382 e. The largest absolute Gasteiger partial charge is 0.382 e. The van der Waals surface area contributed by atoms with Gasteiger partial charge in [-0.25, -0.2) is 0 Å². The molecule has 0 fully saturated rings. The molecule has 0 bridgehead atoms. The van der Waals surface area contributed by atoms with Crippen LogP contribution in [-0.4, -0.2) is 14.8 Å². The molecule has 72 valence electrons.